The minimum atomic E-state index is -0.682. The third-order valence-corrected chi connectivity index (χ3v) is 3.48. The molecule has 0 aliphatic carbocycles. The van der Waals surface area contributed by atoms with Crippen LogP contribution in [0.1, 0.15) is 29.0 Å². The quantitative estimate of drug-likeness (QED) is 0.875. The molecule has 4 nitrogen and oxygen atoms in total. The summed E-state index contributed by atoms with van der Waals surface area (Å²) in [5.74, 6) is 0. The van der Waals surface area contributed by atoms with Gasteiger partial charge in [-0.1, -0.05) is 24.3 Å². The molecule has 0 saturated carbocycles. The first-order valence-corrected chi connectivity index (χ1v) is 6.13. The molecule has 0 fully saturated rings. The number of aromatic nitrogens is 2. The summed E-state index contributed by atoms with van der Waals surface area (Å²) in [6.45, 7) is 0.649. The standard InChI is InChI=1S/C14H16N2O2/c1-16-12(6-8-15-16)13(17)14-11-5-3-2-4-10(11)7-9-18-14/h2-6,8,13-14,17H,7,9H2,1H3. The Bertz CT molecular complexity index is 550. The molecule has 0 saturated heterocycles. The van der Waals surface area contributed by atoms with Crippen LogP contribution in [0.2, 0.25) is 0 Å². The predicted octanol–water partition coefficient (Wildman–Crippen LogP) is 1.77. The number of hydrogen-bond donors (Lipinski definition) is 1. The molecule has 4 heteroatoms. The van der Waals surface area contributed by atoms with Crippen molar-refractivity contribution in [1.82, 2.24) is 9.78 Å². The van der Waals surface area contributed by atoms with Crippen LogP contribution >= 0.6 is 0 Å². The maximum atomic E-state index is 10.5. The topological polar surface area (TPSA) is 47.3 Å². The average molecular weight is 244 g/mol. The van der Waals surface area contributed by atoms with E-state index in [1.807, 2.05) is 31.3 Å². The molecule has 1 aromatic carbocycles. The molecule has 0 spiro atoms. The van der Waals surface area contributed by atoms with Gasteiger partial charge in [0.15, 0.2) is 0 Å². The number of nitrogens with zero attached hydrogens (tertiary/aromatic N) is 2. The van der Waals surface area contributed by atoms with Gasteiger partial charge in [-0.15, -0.1) is 0 Å². The Kier molecular flexibility index (Phi) is 2.89. The van der Waals surface area contributed by atoms with Crippen LogP contribution in [-0.2, 0) is 18.2 Å². The van der Waals surface area contributed by atoms with E-state index in [9.17, 15) is 5.11 Å². The van der Waals surface area contributed by atoms with E-state index in [2.05, 4.69) is 11.2 Å². The third-order valence-electron chi connectivity index (χ3n) is 3.48. The summed E-state index contributed by atoms with van der Waals surface area (Å²) >= 11 is 0. The van der Waals surface area contributed by atoms with Crippen molar-refractivity contribution in [3.05, 3.63) is 53.3 Å². The van der Waals surface area contributed by atoms with Gasteiger partial charge in [0.1, 0.15) is 12.2 Å². The number of aliphatic hydroxyl groups excluding tert-OH is 1. The molecular weight excluding hydrogens is 228 g/mol. The highest BCUT2D eigenvalue weighted by Gasteiger charge is 2.29. The van der Waals surface area contributed by atoms with Gasteiger partial charge >= 0.3 is 0 Å². The number of benzene rings is 1. The van der Waals surface area contributed by atoms with Gasteiger partial charge in [0, 0.05) is 13.2 Å². The van der Waals surface area contributed by atoms with Crippen LogP contribution in [0.3, 0.4) is 0 Å². The fourth-order valence-electron chi connectivity index (χ4n) is 2.52. The summed E-state index contributed by atoms with van der Waals surface area (Å²) in [7, 11) is 1.83. The molecule has 1 aromatic heterocycles. The molecule has 1 N–H and O–H groups in total. The molecule has 94 valence electrons. The summed E-state index contributed by atoms with van der Waals surface area (Å²) < 4.78 is 7.44. The van der Waals surface area contributed by atoms with Crippen LogP contribution < -0.4 is 0 Å². The molecule has 2 aromatic rings. The van der Waals surface area contributed by atoms with E-state index >= 15 is 0 Å². The zero-order valence-corrected chi connectivity index (χ0v) is 10.3. The monoisotopic (exact) mass is 244 g/mol. The fraction of sp³-hybridized carbons (Fsp3) is 0.357. The molecule has 1 aliphatic heterocycles. The normalized spacial score (nSPS) is 20.4. The van der Waals surface area contributed by atoms with Crippen LogP contribution in [0.15, 0.2) is 36.5 Å². The Morgan fingerprint density at radius 2 is 2.22 bits per heavy atom. The molecule has 0 bridgehead atoms. The summed E-state index contributed by atoms with van der Waals surface area (Å²) in [4.78, 5) is 0. The van der Waals surface area contributed by atoms with Crippen LogP contribution in [0, 0.1) is 0 Å². The second-order valence-electron chi connectivity index (χ2n) is 4.56. The van der Waals surface area contributed by atoms with Crippen molar-refractivity contribution in [2.75, 3.05) is 6.61 Å². The van der Waals surface area contributed by atoms with E-state index in [0.29, 0.717) is 6.61 Å². The van der Waals surface area contributed by atoms with Gasteiger partial charge in [0.25, 0.3) is 0 Å². The zero-order chi connectivity index (χ0) is 12.5. The number of fused-ring (bicyclic) bond motifs is 1. The number of ether oxygens (including phenoxy) is 1. The van der Waals surface area contributed by atoms with Gasteiger partial charge in [-0.3, -0.25) is 4.68 Å². The van der Waals surface area contributed by atoms with E-state index in [0.717, 1.165) is 17.7 Å². The Morgan fingerprint density at radius 1 is 1.39 bits per heavy atom. The Hall–Kier alpha value is -1.65. The van der Waals surface area contributed by atoms with Crippen molar-refractivity contribution in [3.8, 4) is 0 Å². The van der Waals surface area contributed by atoms with Crippen molar-refractivity contribution in [3.63, 3.8) is 0 Å². The minimum Gasteiger partial charge on any atom is -0.384 e. The van der Waals surface area contributed by atoms with E-state index in [4.69, 9.17) is 4.74 Å². The van der Waals surface area contributed by atoms with Crippen molar-refractivity contribution in [2.24, 2.45) is 7.05 Å². The molecule has 2 heterocycles. The Morgan fingerprint density at radius 3 is 3.00 bits per heavy atom. The number of rotatable bonds is 2. The third kappa shape index (κ3) is 1.83. The Balaban J connectivity index is 1.97. The van der Waals surface area contributed by atoms with E-state index in [-0.39, 0.29) is 6.10 Å². The second-order valence-corrected chi connectivity index (χ2v) is 4.56. The van der Waals surface area contributed by atoms with E-state index in [1.54, 1.807) is 10.9 Å². The molecule has 2 atom stereocenters. The summed E-state index contributed by atoms with van der Waals surface area (Å²) in [6.07, 6.45) is 1.61. The predicted molar refractivity (Wildman–Crippen MR) is 67.0 cm³/mol. The van der Waals surface area contributed by atoms with Crippen LogP contribution in [0.5, 0.6) is 0 Å². The molecule has 0 amide bonds. The molecule has 18 heavy (non-hydrogen) atoms. The first kappa shape index (κ1) is 11.4. The summed E-state index contributed by atoms with van der Waals surface area (Å²) in [6, 6.07) is 9.96. The van der Waals surface area contributed by atoms with E-state index in [1.165, 1.54) is 5.56 Å². The molecule has 1 aliphatic rings. The average Bonchev–Trinajstić information content (AvgIpc) is 2.83. The minimum absolute atomic E-state index is 0.301. The van der Waals surface area contributed by atoms with Crippen molar-refractivity contribution in [1.29, 1.82) is 0 Å². The Labute approximate surface area is 106 Å². The smallest absolute Gasteiger partial charge is 0.126 e. The molecule has 3 rings (SSSR count). The molecule has 0 radical (unpaired) electrons. The first-order valence-electron chi connectivity index (χ1n) is 6.13. The highest BCUT2D eigenvalue weighted by atomic mass is 16.5. The largest absolute Gasteiger partial charge is 0.384 e. The highest BCUT2D eigenvalue weighted by Crippen LogP contribution is 2.36. The highest BCUT2D eigenvalue weighted by molar-refractivity contribution is 5.32. The summed E-state index contributed by atoms with van der Waals surface area (Å²) in [5.41, 5.74) is 3.11. The van der Waals surface area contributed by atoms with Crippen LogP contribution in [-0.4, -0.2) is 21.5 Å². The van der Waals surface area contributed by atoms with E-state index < -0.39 is 6.10 Å². The fourth-order valence-corrected chi connectivity index (χ4v) is 2.52. The van der Waals surface area contributed by atoms with Crippen LogP contribution in [0.4, 0.5) is 0 Å². The lowest BCUT2D eigenvalue weighted by Crippen LogP contribution is -2.23. The maximum Gasteiger partial charge on any atom is 0.126 e. The SMILES string of the molecule is Cn1nccc1C(O)C1OCCc2ccccc21. The van der Waals surface area contributed by atoms with Gasteiger partial charge in [0.2, 0.25) is 0 Å². The lowest BCUT2D eigenvalue weighted by atomic mass is 9.93. The van der Waals surface area contributed by atoms with Crippen LogP contribution in [0.25, 0.3) is 0 Å². The number of hydrogen-bond acceptors (Lipinski definition) is 3. The van der Waals surface area contributed by atoms with Crippen molar-refractivity contribution < 1.29 is 9.84 Å². The maximum absolute atomic E-state index is 10.5. The number of aryl methyl sites for hydroxylation is 1. The lowest BCUT2D eigenvalue weighted by Gasteiger charge is -2.29. The lowest BCUT2D eigenvalue weighted by molar-refractivity contribution is -0.0513. The molecule has 2 unspecified atom stereocenters. The van der Waals surface area contributed by atoms with Gasteiger partial charge in [-0.2, -0.15) is 5.10 Å². The first-order chi connectivity index (χ1) is 8.77. The molecular formula is C14H16N2O2. The van der Waals surface area contributed by atoms with Gasteiger partial charge < -0.3 is 9.84 Å². The van der Waals surface area contributed by atoms with Crippen molar-refractivity contribution in [2.45, 2.75) is 18.6 Å². The number of aliphatic hydroxyl groups is 1. The zero-order valence-electron chi connectivity index (χ0n) is 10.3. The van der Waals surface area contributed by atoms with Gasteiger partial charge in [0.05, 0.1) is 12.3 Å². The summed E-state index contributed by atoms with van der Waals surface area (Å²) in [5, 5.41) is 14.6. The van der Waals surface area contributed by atoms with Gasteiger partial charge in [-0.05, 0) is 23.6 Å². The van der Waals surface area contributed by atoms with Gasteiger partial charge in [-0.25, -0.2) is 0 Å². The second kappa shape index (κ2) is 4.55. The van der Waals surface area contributed by atoms with Crippen molar-refractivity contribution >= 4 is 0 Å².